The highest BCUT2D eigenvalue weighted by Crippen LogP contribution is 2.22. The van der Waals surface area contributed by atoms with Gasteiger partial charge in [0.25, 0.3) is 0 Å². The predicted molar refractivity (Wildman–Crippen MR) is 89.9 cm³/mol. The number of hydrogen-bond donors (Lipinski definition) is 2. The summed E-state index contributed by atoms with van der Waals surface area (Å²) >= 11 is 1.41. The standard InChI is InChI=1S/C16H21N3O2S/c1-11-6-4-7-12(2)14(11)21-9-5-8-17-15(20)19-16-18-13(3)10-22-16/h4,6-7,10H,5,8-9H2,1-3H3,(H2,17,18,19,20). The molecule has 1 aromatic heterocycles. The molecular formula is C16H21N3O2S. The Hall–Kier alpha value is -2.08. The largest absolute Gasteiger partial charge is 0.493 e. The molecule has 0 aliphatic heterocycles. The highest BCUT2D eigenvalue weighted by molar-refractivity contribution is 7.13. The van der Waals surface area contributed by atoms with Gasteiger partial charge in [-0.15, -0.1) is 11.3 Å². The van der Waals surface area contributed by atoms with Crippen LogP contribution < -0.4 is 15.4 Å². The van der Waals surface area contributed by atoms with Gasteiger partial charge in [-0.2, -0.15) is 0 Å². The Bertz CT molecular complexity index is 620. The van der Waals surface area contributed by atoms with Crippen LogP contribution in [-0.4, -0.2) is 24.2 Å². The minimum Gasteiger partial charge on any atom is -0.493 e. The van der Waals surface area contributed by atoms with E-state index in [1.165, 1.54) is 11.3 Å². The lowest BCUT2D eigenvalue weighted by molar-refractivity contribution is 0.250. The summed E-state index contributed by atoms with van der Waals surface area (Å²) in [7, 11) is 0. The first-order valence-corrected chi connectivity index (χ1v) is 8.10. The Balaban J connectivity index is 1.66. The molecule has 0 bridgehead atoms. The fourth-order valence-corrected chi connectivity index (χ4v) is 2.71. The highest BCUT2D eigenvalue weighted by Gasteiger charge is 2.05. The number of carbonyl (C=O) groups excluding carboxylic acids is 1. The third-order valence-electron chi connectivity index (χ3n) is 3.10. The van der Waals surface area contributed by atoms with E-state index in [1.807, 2.05) is 44.4 Å². The monoisotopic (exact) mass is 319 g/mol. The Labute approximate surface area is 134 Å². The molecule has 5 nitrogen and oxygen atoms in total. The maximum Gasteiger partial charge on any atom is 0.321 e. The molecule has 0 unspecified atom stereocenters. The number of para-hydroxylation sites is 1. The van der Waals surface area contributed by atoms with Crippen molar-refractivity contribution in [2.75, 3.05) is 18.5 Å². The summed E-state index contributed by atoms with van der Waals surface area (Å²) in [5.41, 5.74) is 3.16. The van der Waals surface area contributed by atoms with Gasteiger partial charge in [-0.25, -0.2) is 9.78 Å². The van der Waals surface area contributed by atoms with Gasteiger partial charge >= 0.3 is 6.03 Å². The first-order chi connectivity index (χ1) is 10.6. The summed E-state index contributed by atoms with van der Waals surface area (Å²) in [6.07, 6.45) is 0.748. The van der Waals surface area contributed by atoms with Crippen molar-refractivity contribution in [2.45, 2.75) is 27.2 Å². The topological polar surface area (TPSA) is 63.2 Å². The van der Waals surface area contributed by atoms with E-state index in [2.05, 4.69) is 15.6 Å². The molecule has 6 heteroatoms. The Morgan fingerprint density at radius 1 is 1.27 bits per heavy atom. The van der Waals surface area contributed by atoms with E-state index in [0.29, 0.717) is 18.3 Å². The van der Waals surface area contributed by atoms with E-state index < -0.39 is 0 Å². The molecule has 22 heavy (non-hydrogen) atoms. The van der Waals surface area contributed by atoms with Gasteiger partial charge in [0.05, 0.1) is 12.3 Å². The normalized spacial score (nSPS) is 10.3. The number of hydrogen-bond acceptors (Lipinski definition) is 4. The van der Waals surface area contributed by atoms with Gasteiger partial charge in [-0.1, -0.05) is 18.2 Å². The number of rotatable bonds is 6. The molecule has 2 amide bonds. The van der Waals surface area contributed by atoms with Gasteiger partial charge in [0.2, 0.25) is 0 Å². The van der Waals surface area contributed by atoms with Crippen LogP contribution in [0.3, 0.4) is 0 Å². The molecule has 0 aliphatic rings. The van der Waals surface area contributed by atoms with Crippen molar-refractivity contribution in [3.8, 4) is 5.75 Å². The average molecular weight is 319 g/mol. The molecule has 1 aromatic carbocycles. The lowest BCUT2D eigenvalue weighted by atomic mass is 10.1. The van der Waals surface area contributed by atoms with Crippen LogP contribution in [0.2, 0.25) is 0 Å². The zero-order chi connectivity index (χ0) is 15.9. The number of nitrogens with zero attached hydrogens (tertiary/aromatic N) is 1. The summed E-state index contributed by atoms with van der Waals surface area (Å²) in [6, 6.07) is 5.85. The Morgan fingerprint density at radius 2 is 2.00 bits per heavy atom. The van der Waals surface area contributed by atoms with E-state index in [0.717, 1.165) is 29.0 Å². The molecule has 118 valence electrons. The third-order valence-corrected chi connectivity index (χ3v) is 3.98. The quantitative estimate of drug-likeness (QED) is 0.799. The molecular weight excluding hydrogens is 298 g/mol. The van der Waals surface area contributed by atoms with E-state index in [4.69, 9.17) is 4.74 Å². The molecule has 1 heterocycles. The van der Waals surface area contributed by atoms with Crippen molar-refractivity contribution in [1.29, 1.82) is 0 Å². The maximum absolute atomic E-state index is 11.7. The molecule has 0 atom stereocenters. The zero-order valence-electron chi connectivity index (χ0n) is 13.1. The first-order valence-electron chi connectivity index (χ1n) is 7.22. The van der Waals surface area contributed by atoms with Crippen molar-refractivity contribution in [3.63, 3.8) is 0 Å². The summed E-state index contributed by atoms with van der Waals surface area (Å²) in [4.78, 5) is 15.8. The fraction of sp³-hybridized carbons (Fsp3) is 0.375. The molecule has 0 aliphatic carbocycles. The van der Waals surface area contributed by atoms with Gasteiger partial charge in [0, 0.05) is 11.9 Å². The molecule has 0 saturated heterocycles. The van der Waals surface area contributed by atoms with Gasteiger partial charge in [0.1, 0.15) is 5.75 Å². The van der Waals surface area contributed by atoms with E-state index >= 15 is 0 Å². The molecule has 0 spiro atoms. The number of aromatic nitrogens is 1. The van der Waals surface area contributed by atoms with Crippen LogP contribution in [0.5, 0.6) is 5.75 Å². The molecule has 0 radical (unpaired) electrons. The molecule has 0 saturated carbocycles. The number of urea groups is 1. The summed E-state index contributed by atoms with van der Waals surface area (Å²) < 4.78 is 5.79. The maximum atomic E-state index is 11.7. The number of amides is 2. The predicted octanol–water partition coefficient (Wildman–Crippen LogP) is 3.66. The van der Waals surface area contributed by atoms with Crippen LogP contribution in [0.25, 0.3) is 0 Å². The minimum atomic E-state index is -0.235. The molecule has 2 N–H and O–H groups in total. The van der Waals surface area contributed by atoms with Gasteiger partial charge in [-0.3, -0.25) is 5.32 Å². The lowest BCUT2D eigenvalue weighted by Gasteiger charge is -2.12. The summed E-state index contributed by atoms with van der Waals surface area (Å²) in [6.45, 7) is 7.09. The van der Waals surface area contributed by atoms with Crippen molar-refractivity contribution in [2.24, 2.45) is 0 Å². The SMILES string of the molecule is Cc1csc(NC(=O)NCCCOc2c(C)cccc2C)n1. The van der Waals surface area contributed by atoms with Gasteiger partial charge < -0.3 is 10.1 Å². The number of benzene rings is 1. The van der Waals surface area contributed by atoms with Crippen LogP contribution in [0, 0.1) is 20.8 Å². The van der Waals surface area contributed by atoms with Crippen LogP contribution >= 0.6 is 11.3 Å². The van der Waals surface area contributed by atoms with Crippen molar-refractivity contribution in [3.05, 3.63) is 40.4 Å². The molecule has 2 rings (SSSR count). The van der Waals surface area contributed by atoms with Crippen molar-refractivity contribution < 1.29 is 9.53 Å². The third kappa shape index (κ3) is 4.73. The Kier molecular flexibility index (Phi) is 5.77. The number of ether oxygens (including phenoxy) is 1. The number of carbonyl (C=O) groups is 1. The van der Waals surface area contributed by atoms with Crippen LogP contribution in [-0.2, 0) is 0 Å². The highest BCUT2D eigenvalue weighted by atomic mass is 32.1. The first kappa shape index (κ1) is 16.3. The second kappa shape index (κ2) is 7.79. The fourth-order valence-electron chi connectivity index (χ4n) is 2.03. The Morgan fingerprint density at radius 3 is 2.64 bits per heavy atom. The van der Waals surface area contributed by atoms with Gasteiger partial charge in [-0.05, 0) is 38.3 Å². The van der Waals surface area contributed by atoms with E-state index in [-0.39, 0.29) is 6.03 Å². The van der Waals surface area contributed by atoms with Crippen LogP contribution in [0.1, 0.15) is 23.2 Å². The van der Waals surface area contributed by atoms with Gasteiger partial charge in [0.15, 0.2) is 5.13 Å². The van der Waals surface area contributed by atoms with Crippen LogP contribution in [0.4, 0.5) is 9.93 Å². The van der Waals surface area contributed by atoms with Crippen molar-refractivity contribution in [1.82, 2.24) is 10.3 Å². The smallest absolute Gasteiger partial charge is 0.321 e. The van der Waals surface area contributed by atoms with E-state index in [1.54, 1.807) is 0 Å². The lowest BCUT2D eigenvalue weighted by Crippen LogP contribution is -2.30. The number of nitrogens with one attached hydrogen (secondary N) is 2. The van der Waals surface area contributed by atoms with Crippen molar-refractivity contribution >= 4 is 22.5 Å². The van der Waals surface area contributed by atoms with E-state index in [9.17, 15) is 4.79 Å². The number of thiazole rings is 1. The zero-order valence-corrected chi connectivity index (χ0v) is 13.9. The second-order valence-electron chi connectivity index (χ2n) is 5.10. The molecule has 2 aromatic rings. The average Bonchev–Trinajstić information content (AvgIpc) is 2.86. The minimum absolute atomic E-state index is 0.235. The number of aryl methyl sites for hydroxylation is 3. The number of anilines is 1. The summed E-state index contributed by atoms with van der Waals surface area (Å²) in [5.74, 6) is 0.935. The van der Waals surface area contributed by atoms with Crippen LogP contribution in [0.15, 0.2) is 23.6 Å². The molecule has 0 fully saturated rings. The summed E-state index contributed by atoms with van der Waals surface area (Å²) in [5, 5.41) is 8.01. The second-order valence-corrected chi connectivity index (χ2v) is 5.96.